The van der Waals surface area contributed by atoms with Crippen molar-refractivity contribution < 1.29 is 27.8 Å². The number of nitrogens with zero attached hydrogens (tertiary/aromatic N) is 2. The Kier molecular flexibility index (Phi) is 5.30. The maximum atomic E-state index is 13.4. The fourth-order valence-electron chi connectivity index (χ4n) is 5.01. The summed E-state index contributed by atoms with van der Waals surface area (Å²) in [6, 6.07) is 3.29. The van der Waals surface area contributed by atoms with Crippen molar-refractivity contribution in [2.24, 2.45) is 5.92 Å². The van der Waals surface area contributed by atoms with Crippen LogP contribution in [-0.2, 0) is 4.74 Å². The molecule has 6 nitrogen and oxygen atoms in total. The molecule has 30 heavy (non-hydrogen) atoms. The molecule has 1 unspecified atom stereocenters. The molecule has 1 saturated carbocycles. The van der Waals surface area contributed by atoms with Gasteiger partial charge in [0.15, 0.2) is 5.54 Å². The third-order valence-corrected chi connectivity index (χ3v) is 6.80. The predicted molar refractivity (Wildman–Crippen MR) is 105 cm³/mol. The number of carbonyl (C=O) groups is 1. The van der Waals surface area contributed by atoms with Crippen molar-refractivity contribution in [1.82, 2.24) is 14.9 Å². The number of alkyl halides is 3. The van der Waals surface area contributed by atoms with Crippen molar-refractivity contribution in [2.45, 2.75) is 63.3 Å². The van der Waals surface area contributed by atoms with Gasteiger partial charge in [-0.1, -0.05) is 0 Å². The number of hydrogen-bond acceptors (Lipinski definition) is 4. The van der Waals surface area contributed by atoms with Crippen LogP contribution in [-0.4, -0.2) is 51.6 Å². The number of ether oxygens (including phenoxy) is 1. The standard InChI is InChI=1S/C21H26F3N3O3/c1-12(27-13(2)17(19(28)29)16-4-3-9-25-18(16)27)14-5-7-15(8-6-14)26-20(10-30-11-20)21(22,23)24/h3-4,9,12,14-15,26H,5-8,10-11H2,1-2H3,(H,28,29). The van der Waals surface area contributed by atoms with Crippen LogP contribution in [0.2, 0.25) is 0 Å². The first-order valence-electron chi connectivity index (χ1n) is 10.3. The molecule has 2 N–H and O–H groups in total. The highest BCUT2D eigenvalue weighted by Gasteiger charge is 2.60. The molecule has 0 radical (unpaired) electrons. The van der Waals surface area contributed by atoms with E-state index in [1.165, 1.54) is 0 Å². The van der Waals surface area contributed by atoms with E-state index in [0.29, 0.717) is 29.6 Å². The normalized spacial score (nSPS) is 25.1. The van der Waals surface area contributed by atoms with E-state index in [1.807, 2.05) is 11.5 Å². The van der Waals surface area contributed by atoms with E-state index in [2.05, 4.69) is 10.3 Å². The minimum atomic E-state index is -4.32. The molecule has 2 fully saturated rings. The highest BCUT2D eigenvalue weighted by Crippen LogP contribution is 2.40. The minimum absolute atomic E-state index is 0.0000578. The van der Waals surface area contributed by atoms with Crippen LogP contribution < -0.4 is 5.32 Å². The van der Waals surface area contributed by atoms with Crippen LogP contribution in [0.3, 0.4) is 0 Å². The maximum Gasteiger partial charge on any atom is 0.411 e. The fourth-order valence-corrected chi connectivity index (χ4v) is 5.01. The van der Waals surface area contributed by atoms with E-state index >= 15 is 0 Å². The van der Waals surface area contributed by atoms with Crippen molar-refractivity contribution in [3.8, 4) is 0 Å². The van der Waals surface area contributed by atoms with Crippen LogP contribution in [0.5, 0.6) is 0 Å². The molecule has 1 atom stereocenters. The van der Waals surface area contributed by atoms with E-state index in [-0.39, 0.29) is 36.8 Å². The molecule has 1 saturated heterocycles. The summed E-state index contributed by atoms with van der Waals surface area (Å²) in [5.41, 5.74) is -0.351. The summed E-state index contributed by atoms with van der Waals surface area (Å²) < 4.78 is 47.0. The number of nitrogens with one attached hydrogen (secondary N) is 1. The SMILES string of the molecule is Cc1c(C(=O)O)c2cccnc2n1C(C)C1CCC(NC2(C(F)(F)F)COC2)CC1. The Morgan fingerprint density at radius 1 is 1.33 bits per heavy atom. The summed E-state index contributed by atoms with van der Waals surface area (Å²) in [7, 11) is 0. The summed E-state index contributed by atoms with van der Waals surface area (Å²) in [4.78, 5) is 16.2. The molecule has 1 aliphatic heterocycles. The molecule has 3 heterocycles. The fraction of sp³-hybridized carbons (Fsp3) is 0.619. The number of carboxylic acid groups (broad SMARTS) is 1. The van der Waals surface area contributed by atoms with Gasteiger partial charge in [0.1, 0.15) is 5.65 Å². The minimum Gasteiger partial charge on any atom is -0.478 e. The number of halogens is 3. The molecule has 0 amide bonds. The predicted octanol–water partition coefficient (Wildman–Crippen LogP) is 4.08. The zero-order valence-corrected chi connectivity index (χ0v) is 17.0. The van der Waals surface area contributed by atoms with Crippen LogP contribution in [0, 0.1) is 12.8 Å². The summed E-state index contributed by atoms with van der Waals surface area (Å²) in [6.07, 6.45) is 0.142. The zero-order valence-electron chi connectivity index (χ0n) is 17.0. The van der Waals surface area contributed by atoms with Crippen molar-refractivity contribution in [3.05, 3.63) is 29.6 Å². The Hall–Kier alpha value is -2.13. The lowest BCUT2D eigenvalue weighted by Crippen LogP contribution is -2.71. The van der Waals surface area contributed by atoms with E-state index in [9.17, 15) is 23.1 Å². The molecule has 0 aromatic carbocycles. The second-order valence-corrected chi connectivity index (χ2v) is 8.58. The van der Waals surface area contributed by atoms with Crippen molar-refractivity contribution in [1.29, 1.82) is 0 Å². The number of aromatic nitrogens is 2. The number of aromatic carboxylic acids is 1. The summed E-state index contributed by atoms with van der Waals surface area (Å²) >= 11 is 0. The quantitative estimate of drug-likeness (QED) is 0.755. The molecule has 2 aliphatic rings. The molecular weight excluding hydrogens is 399 g/mol. The number of hydrogen-bond donors (Lipinski definition) is 2. The lowest BCUT2D eigenvalue weighted by atomic mass is 9.80. The first-order chi connectivity index (χ1) is 14.1. The average Bonchev–Trinajstić information content (AvgIpc) is 2.95. The van der Waals surface area contributed by atoms with Crippen molar-refractivity contribution in [2.75, 3.05) is 13.2 Å². The Morgan fingerprint density at radius 3 is 2.53 bits per heavy atom. The molecule has 9 heteroatoms. The van der Waals surface area contributed by atoms with Gasteiger partial charge in [-0.05, 0) is 57.6 Å². The monoisotopic (exact) mass is 425 g/mol. The molecule has 0 bridgehead atoms. The molecule has 0 spiro atoms. The summed E-state index contributed by atoms with van der Waals surface area (Å²) in [5, 5.41) is 13.1. The first kappa shape index (κ1) is 21.1. The van der Waals surface area contributed by atoms with Gasteiger partial charge in [-0.15, -0.1) is 0 Å². The lowest BCUT2D eigenvalue weighted by molar-refractivity contribution is -0.270. The van der Waals surface area contributed by atoms with E-state index in [4.69, 9.17) is 4.74 Å². The summed E-state index contributed by atoms with van der Waals surface area (Å²) in [5.74, 6) is -0.745. The Morgan fingerprint density at radius 2 is 2.00 bits per heavy atom. The average molecular weight is 425 g/mol. The number of carboxylic acids is 1. The number of fused-ring (bicyclic) bond motifs is 1. The van der Waals surface area contributed by atoms with Gasteiger partial charge >= 0.3 is 12.1 Å². The Labute approximate surface area is 172 Å². The topological polar surface area (TPSA) is 76.4 Å². The molecule has 4 rings (SSSR count). The largest absolute Gasteiger partial charge is 0.478 e. The van der Waals surface area contributed by atoms with Crippen LogP contribution in [0.1, 0.15) is 54.7 Å². The van der Waals surface area contributed by atoms with Gasteiger partial charge in [0.25, 0.3) is 0 Å². The smallest absolute Gasteiger partial charge is 0.411 e. The van der Waals surface area contributed by atoms with E-state index in [1.54, 1.807) is 25.3 Å². The van der Waals surface area contributed by atoms with Crippen LogP contribution in [0.25, 0.3) is 11.0 Å². The Balaban J connectivity index is 1.50. The molecule has 164 valence electrons. The first-order valence-corrected chi connectivity index (χ1v) is 10.3. The maximum absolute atomic E-state index is 13.4. The third-order valence-electron chi connectivity index (χ3n) is 6.80. The molecule has 2 aromatic heterocycles. The van der Waals surface area contributed by atoms with Gasteiger partial charge in [-0.2, -0.15) is 13.2 Å². The van der Waals surface area contributed by atoms with Crippen LogP contribution >= 0.6 is 0 Å². The van der Waals surface area contributed by atoms with Gasteiger partial charge in [0.05, 0.1) is 18.8 Å². The summed E-state index contributed by atoms with van der Waals surface area (Å²) in [6.45, 7) is 3.18. The van der Waals surface area contributed by atoms with Gasteiger partial charge in [-0.25, -0.2) is 9.78 Å². The van der Waals surface area contributed by atoms with E-state index in [0.717, 1.165) is 12.8 Å². The third kappa shape index (κ3) is 3.37. The molecule has 1 aliphatic carbocycles. The lowest BCUT2D eigenvalue weighted by Gasteiger charge is -2.46. The van der Waals surface area contributed by atoms with Crippen LogP contribution in [0.15, 0.2) is 18.3 Å². The van der Waals surface area contributed by atoms with Crippen LogP contribution in [0.4, 0.5) is 13.2 Å². The molecule has 2 aromatic rings. The zero-order chi connectivity index (χ0) is 21.7. The van der Waals surface area contributed by atoms with Crippen molar-refractivity contribution >= 4 is 17.0 Å². The highest BCUT2D eigenvalue weighted by atomic mass is 19.4. The van der Waals surface area contributed by atoms with E-state index < -0.39 is 17.7 Å². The highest BCUT2D eigenvalue weighted by molar-refractivity contribution is 6.04. The van der Waals surface area contributed by atoms with Gasteiger partial charge in [-0.3, -0.25) is 5.32 Å². The second kappa shape index (κ2) is 7.53. The Bertz CT molecular complexity index is 944. The van der Waals surface area contributed by atoms with Gasteiger partial charge < -0.3 is 14.4 Å². The van der Waals surface area contributed by atoms with Gasteiger partial charge in [0.2, 0.25) is 0 Å². The molecular formula is C21H26F3N3O3. The second-order valence-electron chi connectivity index (χ2n) is 8.58. The van der Waals surface area contributed by atoms with Crippen molar-refractivity contribution in [3.63, 3.8) is 0 Å². The number of rotatable bonds is 5. The van der Waals surface area contributed by atoms with Gasteiger partial charge in [0, 0.05) is 29.4 Å². The number of pyridine rings is 1.